The molecule has 152 valence electrons. The summed E-state index contributed by atoms with van der Waals surface area (Å²) in [7, 11) is -13.8. The van der Waals surface area contributed by atoms with Crippen molar-refractivity contribution in [3.8, 4) is 0 Å². The Morgan fingerprint density at radius 2 is 2.04 bits per heavy atom. The third kappa shape index (κ3) is 4.60. The van der Waals surface area contributed by atoms with E-state index in [0.717, 1.165) is 8.69 Å². The summed E-state index contributed by atoms with van der Waals surface area (Å²) in [6.45, 7) is -0.685. The maximum Gasteiger partial charge on any atom is 0.351 e. The topological polar surface area (TPSA) is 221 Å². The van der Waals surface area contributed by atoms with Crippen molar-refractivity contribution < 1.29 is 35.1 Å². The highest BCUT2D eigenvalue weighted by Gasteiger charge is 2.39. The lowest BCUT2D eigenvalue weighted by Gasteiger charge is -2.19. The molecule has 3 rings (SSSR count). The van der Waals surface area contributed by atoms with E-state index < -0.39 is 61.3 Å². The van der Waals surface area contributed by atoms with Crippen LogP contribution >= 0.6 is 0 Å². The van der Waals surface area contributed by atoms with Gasteiger partial charge >= 0.3 is 26.1 Å². The summed E-state index contributed by atoms with van der Waals surface area (Å²) in [5.74, 6) is -0.00686. The van der Waals surface area contributed by atoms with Gasteiger partial charge in [-0.1, -0.05) is 12.0 Å². The van der Waals surface area contributed by atoms with Crippen LogP contribution in [0.3, 0.4) is 0 Å². The largest absolute Gasteiger partial charge is 0.390 e. The number of hydrogen-bond donors (Lipinski definition) is 4. The first-order chi connectivity index (χ1) is 12.4. The standard InChI is InChI=1S/C9H14N6O9S3/c10-7-1-2-15(9(17)11-7)8-3-5(16)6(24-8)4-23-27(22)13-25(18,19)12-26(20,21)14-27/h1-2,5-6,8,12,16H,3-4H2,(H2,10,11,17)(H,13,14,22)/t5?,6-,8-/m1/s1. The van der Waals surface area contributed by atoms with Crippen molar-refractivity contribution in [2.24, 2.45) is 3.77 Å². The van der Waals surface area contributed by atoms with Gasteiger partial charge in [0.1, 0.15) is 18.1 Å². The number of anilines is 1. The highest BCUT2D eigenvalue weighted by Crippen LogP contribution is 2.28. The van der Waals surface area contributed by atoms with Crippen LogP contribution in [0.5, 0.6) is 0 Å². The minimum absolute atomic E-state index is 0.00686. The van der Waals surface area contributed by atoms with Gasteiger partial charge in [0.25, 0.3) is 10.2 Å². The zero-order valence-corrected chi connectivity index (χ0v) is 15.6. The second kappa shape index (κ2) is 6.74. The van der Waals surface area contributed by atoms with Crippen LogP contribution in [0.2, 0.25) is 0 Å². The first kappa shape index (κ1) is 20.1. The van der Waals surface area contributed by atoms with Gasteiger partial charge in [0.2, 0.25) is 0 Å². The van der Waals surface area contributed by atoms with Crippen molar-refractivity contribution in [2.75, 3.05) is 12.3 Å². The van der Waals surface area contributed by atoms with Crippen molar-refractivity contribution in [3.63, 3.8) is 0 Å². The second-order valence-electron chi connectivity index (χ2n) is 5.45. The molecule has 2 unspecified atom stereocenters. The molecular formula is C9H14N6O9S3. The van der Waals surface area contributed by atoms with E-state index in [1.165, 1.54) is 16.4 Å². The Balaban J connectivity index is 1.75. The molecular weight excluding hydrogens is 432 g/mol. The molecule has 1 aromatic rings. The van der Waals surface area contributed by atoms with E-state index >= 15 is 0 Å². The van der Waals surface area contributed by atoms with E-state index in [4.69, 9.17) is 14.7 Å². The average molecular weight is 446 g/mol. The molecule has 1 saturated heterocycles. The molecule has 18 heteroatoms. The molecule has 0 radical (unpaired) electrons. The molecule has 27 heavy (non-hydrogen) atoms. The smallest absolute Gasteiger partial charge is 0.351 e. The summed E-state index contributed by atoms with van der Waals surface area (Å²) in [6.07, 6.45) is -2.07. The van der Waals surface area contributed by atoms with Gasteiger partial charge in [-0.25, -0.2) is 9.00 Å². The lowest BCUT2D eigenvalue weighted by Crippen LogP contribution is -2.48. The van der Waals surface area contributed by atoms with Crippen molar-refractivity contribution in [1.82, 2.24) is 17.8 Å². The van der Waals surface area contributed by atoms with Gasteiger partial charge in [0.05, 0.1) is 12.7 Å². The Labute approximate surface area is 153 Å². The predicted octanol–water partition coefficient (Wildman–Crippen LogP) is -3.53. The molecule has 0 bridgehead atoms. The normalized spacial score (nSPS) is 34.8. The molecule has 2 aliphatic heterocycles. The van der Waals surface area contributed by atoms with Crippen LogP contribution in [0.1, 0.15) is 12.6 Å². The number of ether oxygens (including phenoxy) is 1. The lowest BCUT2D eigenvalue weighted by atomic mass is 10.2. The monoisotopic (exact) mass is 446 g/mol. The maximum atomic E-state index is 12.2. The molecule has 5 N–H and O–H groups in total. The minimum Gasteiger partial charge on any atom is -0.390 e. The third-order valence-corrected chi connectivity index (χ3v) is 8.85. The molecule has 4 atom stereocenters. The summed E-state index contributed by atoms with van der Waals surface area (Å²) in [5, 5.41) is 10.0. The fourth-order valence-corrected chi connectivity index (χ4v) is 7.51. The molecule has 0 aliphatic carbocycles. The molecule has 3 heterocycles. The van der Waals surface area contributed by atoms with Gasteiger partial charge in [0.15, 0.2) is 0 Å². The van der Waals surface area contributed by atoms with Gasteiger partial charge < -0.3 is 15.6 Å². The predicted molar refractivity (Wildman–Crippen MR) is 88.1 cm³/mol. The molecule has 0 aromatic carbocycles. The van der Waals surface area contributed by atoms with E-state index in [1.54, 1.807) is 0 Å². The number of aliphatic hydroxyl groups excluding tert-OH is 1. The number of nitrogens with one attached hydrogen (secondary N) is 2. The fraction of sp³-hybridized carbons (Fsp3) is 0.556. The second-order valence-corrected chi connectivity index (χ2v) is 10.5. The number of nitrogen functional groups attached to an aromatic ring is 1. The minimum atomic E-state index is -4.77. The van der Waals surface area contributed by atoms with Gasteiger partial charge in [-0.3, -0.25) is 8.75 Å². The number of aromatic nitrogens is 2. The quantitative estimate of drug-likeness (QED) is 0.355. The summed E-state index contributed by atoms with van der Waals surface area (Å²) < 4.78 is 74.3. The molecule has 1 fully saturated rings. The molecule has 15 nitrogen and oxygen atoms in total. The van der Waals surface area contributed by atoms with Crippen molar-refractivity contribution in [2.45, 2.75) is 24.9 Å². The Morgan fingerprint density at radius 1 is 1.33 bits per heavy atom. The Bertz CT molecular complexity index is 1140. The van der Waals surface area contributed by atoms with E-state index in [1.807, 2.05) is 0 Å². The first-order valence-electron chi connectivity index (χ1n) is 7.06. The molecule has 1 aromatic heterocycles. The summed E-state index contributed by atoms with van der Waals surface area (Å²) >= 11 is 0. The van der Waals surface area contributed by atoms with Crippen molar-refractivity contribution >= 4 is 36.4 Å². The van der Waals surface area contributed by atoms with E-state index in [9.17, 15) is 30.9 Å². The zero-order chi connectivity index (χ0) is 20.0. The molecule has 0 amide bonds. The third-order valence-electron chi connectivity index (χ3n) is 3.38. The highest BCUT2D eigenvalue weighted by atomic mass is 32.3. The molecule has 2 aliphatic rings. The van der Waals surface area contributed by atoms with Crippen LogP contribution in [0.25, 0.3) is 0 Å². The van der Waals surface area contributed by atoms with E-state index in [0.29, 0.717) is 0 Å². The van der Waals surface area contributed by atoms with Gasteiger partial charge in [-0.15, -0.1) is 0 Å². The Morgan fingerprint density at radius 3 is 2.67 bits per heavy atom. The van der Waals surface area contributed by atoms with Crippen LogP contribution < -0.4 is 19.7 Å². The number of nitrogens with two attached hydrogens (primary N) is 1. The number of aliphatic hydroxyl groups is 1. The van der Waals surface area contributed by atoms with E-state index in [2.05, 4.69) is 8.75 Å². The fourth-order valence-electron chi connectivity index (χ4n) is 2.34. The van der Waals surface area contributed by atoms with Crippen molar-refractivity contribution in [3.05, 3.63) is 22.7 Å². The number of rotatable bonds is 4. The summed E-state index contributed by atoms with van der Waals surface area (Å²) in [4.78, 5) is 15.3. The van der Waals surface area contributed by atoms with Gasteiger partial charge in [0, 0.05) is 12.6 Å². The van der Waals surface area contributed by atoms with Gasteiger partial charge in [-0.05, 0) is 6.07 Å². The SMILES string of the molecule is Nc1ccn([C@H]2CC(O)[C@@H](COS3(=O)=NS(=O)(=O)NS(=O)(=O)N3)O2)c(=O)n1. The van der Waals surface area contributed by atoms with Crippen LogP contribution in [-0.4, -0.2) is 54.5 Å². The maximum absolute atomic E-state index is 12.2. The summed E-state index contributed by atoms with van der Waals surface area (Å²) in [5.41, 5.74) is 4.65. The number of nitrogens with zero attached hydrogens (tertiary/aromatic N) is 3. The van der Waals surface area contributed by atoms with Crippen LogP contribution in [0, 0.1) is 0 Å². The summed E-state index contributed by atoms with van der Waals surface area (Å²) in [6, 6.07) is 1.34. The molecule has 0 saturated carbocycles. The highest BCUT2D eigenvalue weighted by molar-refractivity contribution is 8.15. The van der Waals surface area contributed by atoms with Crippen LogP contribution in [-0.2, 0) is 39.5 Å². The van der Waals surface area contributed by atoms with Gasteiger partial charge in [-0.2, -0.15) is 21.8 Å². The molecule has 0 spiro atoms. The van der Waals surface area contributed by atoms with Crippen LogP contribution in [0.15, 0.2) is 20.8 Å². The average Bonchev–Trinajstić information content (AvgIpc) is 2.82. The van der Waals surface area contributed by atoms with E-state index in [-0.39, 0.29) is 12.2 Å². The first-order valence-corrected chi connectivity index (χ1v) is 11.4. The zero-order valence-electron chi connectivity index (χ0n) is 13.2. The number of hydrogen-bond acceptors (Lipinski definition) is 11. The Hall–Kier alpha value is -1.67. The van der Waals surface area contributed by atoms with Crippen molar-refractivity contribution in [1.29, 1.82) is 0 Å². The lowest BCUT2D eigenvalue weighted by molar-refractivity contribution is -0.0393. The van der Waals surface area contributed by atoms with Crippen LogP contribution in [0.4, 0.5) is 5.82 Å². The Kier molecular flexibility index (Phi) is 5.01.